The second-order valence-electron chi connectivity index (χ2n) is 10.6. The molecule has 1 unspecified atom stereocenters. The summed E-state index contributed by atoms with van der Waals surface area (Å²) in [6.45, 7) is 3.90. The minimum atomic E-state index is -4.29. The van der Waals surface area contributed by atoms with Crippen molar-refractivity contribution in [2.24, 2.45) is 0 Å². The first-order chi connectivity index (χ1) is 22.5. The van der Waals surface area contributed by atoms with Gasteiger partial charge in [-0.15, -0.1) is 0 Å². The van der Waals surface area contributed by atoms with Gasteiger partial charge >= 0.3 is 0 Å². The number of rotatable bonds is 15. The van der Waals surface area contributed by atoms with Gasteiger partial charge in [-0.3, -0.25) is 13.9 Å². The van der Waals surface area contributed by atoms with Crippen molar-refractivity contribution in [1.29, 1.82) is 0 Å². The molecule has 0 aliphatic heterocycles. The lowest BCUT2D eigenvalue weighted by Gasteiger charge is -2.34. The van der Waals surface area contributed by atoms with Crippen molar-refractivity contribution < 1.29 is 22.7 Å². The van der Waals surface area contributed by atoms with Crippen molar-refractivity contribution in [2.75, 3.05) is 24.0 Å². The third kappa shape index (κ3) is 9.64. The number of carbonyl (C=O) groups is 2. The van der Waals surface area contributed by atoms with Crippen LogP contribution in [-0.2, 0) is 32.6 Å². The van der Waals surface area contributed by atoms with Gasteiger partial charge < -0.3 is 15.0 Å². The Bertz CT molecular complexity index is 1760. The molecule has 0 aromatic heterocycles. The molecule has 8 nitrogen and oxygen atoms in total. The van der Waals surface area contributed by atoms with Gasteiger partial charge in [-0.1, -0.05) is 78.1 Å². The van der Waals surface area contributed by atoms with E-state index in [1.54, 1.807) is 42.5 Å². The average Bonchev–Trinajstić information content (AvgIpc) is 3.06. The van der Waals surface area contributed by atoms with E-state index in [2.05, 4.69) is 5.32 Å². The highest BCUT2D eigenvalue weighted by Crippen LogP contribution is 2.29. The Hall–Kier alpha value is -3.76. The van der Waals surface area contributed by atoms with E-state index >= 15 is 0 Å². The number of anilines is 1. The first kappa shape index (κ1) is 36.1. The second-order valence-corrected chi connectivity index (χ2v) is 13.8. The molecule has 1 N–H and O–H groups in total. The van der Waals surface area contributed by atoms with Crippen LogP contribution in [0.4, 0.5) is 5.69 Å². The maximum atomic E-state index is 14.5. The Morgan fingerprint density at radius 1 is 0.851 bits per heavy atom. The van der Waals surface area contributed by atoms with Crippen LogP contribution in [0, 0.1) is 0 Å². The first-order valence-corrected chi connectivity index (χ1v) is 17.7. The number of hydrogen-bond acceptors (Lipinski definition) is 5. The molecule has 47 heavy (non-hydrogen) atoms. The van der Waals surface area contributed by atoms with E-state index in [-0.39, 0.29) is 29.5 Å². The SMILES string of the molecule is CCCNC(=O)C(Cc1ccccc1)N(Cc1ccc(Cl)cc1Cl)C(=O)CN(c1ccc(OCC)cc1)S(=O)(=O)c1ccc(Cl)cc1. The molecule has 0 bridgehead atoms. The van der Waals surface area contributed by atoms with E-state index in [9.17, 15) is 18.0 Å². The summed E-state index contributed by atoms with van der Waals surface area (Å²) in [5.74, 6) is -0.446. The number of benzene rings is 4. The minimum absolute atomic E-state index is 0.0580. The fourth-order valence-electron chi connectivity index (χ4n) is 4.89. The molecule has 0 fully saturated rings. The molecule has 248 valence electrons. The summed E-state index contributed by atoms with van der Waals surface area (Å²) >= 11 is 18.8. The van der Waals surface area contributed by atoms with E-state index in [0.717, 1.165) is 9.87 Å². The van der Waals surface area contributed by atoms with Gasteiger partial charge in [0, 0.05) is 34.6 Å². The lowest BCUT2D eigenvalue weighted by atomic mass is 10.0. The molecule has 4 rings (SSSR count). The van der Waals surface area contributed by atoms with Crippen molar-refractivity contribution in [3.8, 4) is 5.75 Å². The van der Waals surface area contributed by atoms with Crippen LogP contribution in [0.2, 0.25) is 15.1 Å². The number of amides is 2. The first-order valence-electron chi connectivity index (χ1n) is 15.1. The molecule has 0 spiro atoms. The molecule has 0 saturated heterocycles. The number of ether oxygens (including phenoxy) is 1. The summed E-state index contributed by atoms with van der Waals surface area (Å²) in [6, 6.07) is 25.3. The van der Waals surface area contributed by atoms with Crippen LogP contribution < -0.4 is 14.4 Å². The number of nitrogens with one attached hydrogen (secondary N) is 1. The van der Waals surface area contributed by atoms with Gasteiger partial charge in [0.1, 0.15) is 18.3 Å². The standard InChI is InChI=1S/C35H36Cl3N3O5S/c1-3-20-39-35(43)33(21-25-8-6-5-7-9-25)40(23-26-10-11-28(37)22-32(26)38)34(42)24-41(29-14-16-30(17-15-29)46-4-2)47(44,45)31-18-12-27(36)13-19-31/h5-19,22,33H,3-4,20-21,23-24H2,1-2H3,(H,39,43). The van der Waals surface area contributed by atoms with Gasteiger partial charge in [0.05, 0.1) is 17.2 Å². The molecule has 0 aliphatic carbocycles. The van der Waals surface area contributed by atoms with Gasteiger partial charge in [-0.25, -0.2) is 8.42 Å². The van der Waals surface area contributed by atoms with E-state index in [1.165, 1.54) is 29.2 Å². The van der Waals surface area contributed by atoms with Crippen LogP contribution in [-0.4, -0.2) is 50.9 Å². The predicted octanol–water partition coefficient (Wildman–Crippen LogP) is 7.41. The molecule has 1 atom stereocenters. The Balaban J connectivity index is 1.81. The van der Waals surface area contributed by atoms with E-state index in [1.807, 2.05) is 44.2 Å². The summed E-state index contributed by atoms with van der Waals surface area (Å²) in [4.78, 5) is 29.6. The number of hydrogen-bond donors (Lipinski definition) is 1. The topological polar surface area (TPSA) is 96.0 Å². The zero-order valence-electron chi connectivity index (χ0n) is 26.0. The Kier molecular flexibility index (Phi) is 13.0. The molecule has 0 heterocycles. The largest absolute Gasteiger partial charge is 0.494 e. The molecule has 0 saturated carbocycles. The summed E-state index contributed by atoms with van der Waals surface area (Å²) < 4.78 is 34.9. The van der Waals surface area contributed by atoms with Gasteiger partial charge in [0.15, 0.2) is 0 Å². The third-order valence-electron chi connectivity index (χ3n) is 7.29. The fraction of sp³-hybridized carbons (Fsp3) is 0.257. The molecule has 4 aromatic carbocycles. The van der Waals surface area contributed by atoms with Gasteiger partial charge in [-0.2, -0.15) is 0 Å². The number of halogens is 3. The summed E-state index contributed by atoms with van der Waals surface area (Å²) in [5, 5.41) is 3.99. The lowest BCUT2D eigenvalue weighted by molar-refractivity contribution is -0.140. The van der Waals surface area contributed by atoms with Gasteiger partial charge in [-0.05, 0) is 85.1 Å². The van der Waals surface area contributed by atoms with E-state index < -0.39 is 28.5 Å². The number of sulfonamides is 1. The van der Waals surface area contributed by atoms with Crippen LogP contribution in [0.25, 0.3) is 0 Å². The van der Waals surface area contributed by atoms with Crippen molar-refractivity contribution in [3.63, 3.8) is 0 Å². The van der Waals surface area contributed by atoms with Crippen LogP contribution in [0.1, 0.15) is 31.4 Å². The minimum Gasteiger partial charge on any atom is -0.494 e. The molecule has 4 aromatic rings. The van der Waals surface area contributed by atoms with Crippen LogP contribution in [0.3, 0.4) is 0 Å². The van der Waals surface area contributed by atoms with Gasteiger partial charge in [0.2, 0.25) is 11.8 Å². The highest BCUT2D eigenvalue weighted by atomic mass is 35.5. The monoisotopic (exact) mass is 715 g/mol. The molecule has 0 radical (unpaired) electrons. The normalized spacial score (nSPS) is 11.9. The zero-order valence-corrected chi connectivity index (χ0v) is 29.1. The van der Waals surface area contributed by atoms with Crippen molar-refractivity contribution in [1.82, 2.24) is 10.2 Å². The summed E-state index contributed by atoms with van der Waals surface area (Å²) in [6.07, 6.45) is 0.867. The maximum absolute atomic E-state index is 14.5. The third-order valence-corrected chi connectivity index (χ3v) is 9.92. The Morgan fingerprint density at radius 3 is 2.13 bits per heavy atom. The van der Waals surface area contributed by atoms with Crippen molar-refractivity contribution in [3.05, 3.63) is 123 Å². The van der Waals surface area contributed by atoms with Gasteiger partial charge in [0.25, 0.3) is 10.0 Å². The quantitative estimate of drug-likeness (QED) is 0.138. The van der Waals surface area contributed by atoms with Crippen molar-refractivity contribution >= 4 is 62.3 Å². The Morgan fingerprint density at radius 2 is 1.51 bits per heavy atom. The lowest BCUT2D eigenvalue weighted by Crippen LogP contribution is -2.53. The summed E-state index contributed by atoms with van der Waals surface area (Å²) in [7, 11) is -4.29. The Labute approximate surface area is 291 Å². The maximum Gasteiger partial charge on any atom is 0.264 e. The van der Waals surface area contributed by atoms with Crippen molar-refractivity contribution in [2.45, 2.75) is 44.2 Å². The summed E-state index contributed by atoms with van der Waals surface area (Å²) in [5.41, 5.74) is 1.59. The number of nitrogens with zero attached hydrogens (tertiary/aromatic N) is 2. The van der Waals surface area contributed by atoms with Crippen LogP contribution >= 0.6 is 34.8 Å². The number of carbonyl (C=O) groups excluding carboxylic acids is 2. The average molecular weight is 717 g/mol. The second kappa shape index (κ2) is 16.9. The molecule has 12 heteroatoms. The smallest absolute Gasteiger partial charge is 0.264 e. The zero-order chi connectivity index (χ0) is 34.0. The highest BCUT2D eigenvalue weighted by Gasteiger charge is 2.35. The molecule has 2 amide bonds. The molecular weight excluding hydrogens is 681 g/mol. The fourth-order valence-corrected chi connectivity index (χ4v) is 6.90. The van der Waals surface area contributed by atoms with Crippen LogP contribution in [0.5, 0.6) is 5.75 Å². The predicted molar refractivity (Wildman–Crippen MR) is 188 cm³/mol. The van der Waals surface area contributed by atoms with Crippen LogP contribution in [0.15, 0.2) is 102 Å². The molecule has 0 aliphatic rings. The molecular formula is C35H36Cl3N3O5S. The van der Waals surface area contributed by atoms with E-state index in [4.69, 9.17) is 39.5 Å². The van der Waals surface area contributed by atoms with E-state index in [0.29, 0.717) is 46.0 Å². The highest BCUT2D eigenvalue weighted by molar-refractivity contribution is 7.92.